The molecule has 0 atom stereocenters. The third kappa shape index (κ3) is 548. The lowest BCUT2D eigenvalue weighted by atomic mass is 10.2. The predicted molar refractivity (Wildman–Crippen MR) is 195 cm³/mol. The maximum atomic E-state index is 10.1. The summed E-state index contributed by atoms with van der Waals surface area (Å²) in [6.07, 6.45) is 5.03. The van der Waals surface area contributed by atoms with Gasteiger partial charge in [-0.05, 0) is 20.3 Å². The Balaban J connectivity index is -0.0000000211. The molecule has 0 saturated heterocycles. The quantitative estimate of drug-likeness (QED) is 0.128. The molecule has 0 unspecified atom stereocenters. The second-order valence-electron chi connectivity index (χ2n) is 3.89. The highest BCUT2D eigenvalue weighted by molar-refractivity contribution is 7.80. The van der Waals surface area contributed by atoms with Gasteiger partial charge in [0.2, 0.25) is 0 Å². The predicted octanol–water partition coefficient (Wildman–Crippen LogP) is 9.81. The minimum Gasteiger partial charge on any atom is -0.394 e. The number of aliphatic hydroxyl groups is 2. The summed E-state index contributed by atoms with van der Waals surface area (Å²) in [6.45, 7) is 67.6. The van der Waals surface area contributed by atoms with Crippen molar-refractivity contribution in [1.82, 2.24) is 0 Å². The first kappa shape index (κ1) is 83.2. The van der Waals surface area contributed by atoms with Gasteiger partial charge in [-0.1, -0.05) is 32.6 Å². The van der Waals surface area contributed by atoms with E-state index in [-0.39, 0.29) is 19.8 Å². The second-order valence-corrected chi connectivity index (χ2v) is 4.98. The zero-order chi connectivity index (χ0) is 37.0. The number of hydrogen-bond acceptors (Lipinski definition) is 6. The molecule has 0 aliphatic carbocycles. The van der Waals surface area contributed by atoms with E-state index in [0.29, 0.717) is 6.42 Å². The first-order chi connectivity index (χ1) is 19.9. The van der Waals surface area contributed by atoms with Crippen molar-refractivity contribution in [2.24, 2.45) is 0 Å². The van der Waals surface area contributed by atoms with Crippen molar-refractivity contribution in [3.63, 3.8) is 0 Å². The molecule has 7 nitrogen and oxygen atoms in total. The van der Waals surface area contributed by atoms with Gasteiger partial charge in [0, 0.05) is 13.2 Å². The van der Waals surface area contributed by atoms with Gasteiger partial charge in [0.15, 0.2) is 0 Å². The molecule has 0 aliphatic heterocycles. The SMILES string of the molecule is C=C.C=C.C=C.C=C.C=C.C=C.C=C.C=C.C=C.C=C.CCCCCCCOS(=O)(=O)O.CCOCC.OCCO. The van der Waals surface area contributed by atoms with E-state index >= 15 is 0 Å². The fraction of sp³-hybridized carbons (Fsp3) is 0.394. The number of rotatable bonds is 10. The van der Waals surface area contributed by atoms with Crippen LogP contribution in [0.4, 0.5) is 0 Å². The molecule has 0 bridgehead atoms. The molecule has 252 valence electrons. The van der Waals surface area contributed by atoms with E-state index in [9.17, 15) is 8.42 Å². The van der Waals surface area contributed by atoms with E-state index in [0.717, 1.165) is 38.9 Å². The summed E-state index contributed by atoms with van der Waals surface area (Å²) < 4.78 is 37.2. The maximum Gasteiger partial charge on any atom is 0.397 e. The number of aliphatic hydroxyl groups excluding tert-OH is 2. The first-order valence-corrected chi connectivity index (χ1v) is 13.7. The van der Waals surface area contributed by atoms with Crippen LogP contribution in [0.5, 0.6) is 0 Å². The zero-order valence-electron chi connectivity index (χ0n) is 27.6. The van der Waals surface area contributed by atoms with E-state index in [1.54, 1.807) is 0 Å². The summed E-state index contributed by atoms with van der Waals surface area (Å²) in [6, 6.07) is 0. The van der Waals surface area contributed by atoms with Crippen molar-refractivity contribution in [3.05, 3.63) is 132 Å². The van der Waals surface area contributed by atoms with Crippen LogP contribution in [0.15, 0.2) is 132 Å². The summed E-state index contributed by atoms with van der Waals surface area (Å²) in [5, 5.41) is 15.2. The lowest BCUT2D eigenvalue weighted by Gasteiger charge is -1.99. The smallest absolute Gasteiger partial charge is 0.394 e. The van der Waals surface area contributed by atoms with Crippen LogP contribution in [-0.2, 0) is 19.3 Å². The Hall–Kier alpha value is -2.85. The van der Waals surface area contributed by atoms with Crippen molar-refractivity contribution >= 4 is 10.4 Å². The van der Waals surface area contributed by atoms with Crippen LogP contribution in [0, 0.1) is 0 Å². The second kappa shape index (κ2) is 212. The van der Waals surface area contributed by atoms with Gasteiger partial charge < -0.3 is 14.9 Å². The van der Waals surface area contributed by atoms with Gasteiger partial charge in [0.1, 0.15) is 0 Å². The summed E-state index contributed by atoms with van der Waals surface area (Å²) in [7, 11) is -4.22. The van der Waals surface area contributed by atoms with Crippen LogP contribution in [0.3, 0.4) is 0 Å². The molecule has 0 fully saturated rings. The van der Waals surface area contributed by atoms with E-state index in [2.05, 4.69) is 143 Å². The molecule has 0 radical (unpaired) electrons. The monoisotopic (exact) mass is 612 g/mol. The van der Waals surface area contributed by atoms with Gasteiger partial charge >= 0.3 is 10.4 Å². The standard InChI is InChI=1S/C7H16O4S.C4H10O.C2H6O2.10C2H4/c1-2-3-4-5-6-7-11-12(8,9)10;1-3-5-4-2;3-1-2-4;10*1-2/h2-7H2,1H3,(H,8,9,10);3-4H2,1-2H3;3-4H,1-2H2;10*1-2H2. The fourth-order valence-corrected chi connectivity index (χ4v) is 1.40. The van der Waals surface area contributed by atoms with E-state index in [1.165, 1.54) is 0 Å². The topological polar surface area (TPSA) is 113 Å². The van der Waals surface area contributed by atoms with Crippen LogP contribution in [0.25, 0.3) is 0 Å². The molecule has 0 heterocycles. The van der Waals surface area contributed by atoms with Crippen molar-refractivity contribution in [2.45, 2.75) is 52.9 Å². The Kier molecular flexibility index (Phi) is 429. The molecule has 0 aromatic carbocycles. The normalized spacial score (nSPS) is 6.20. The van der Waals surface area contributed by atoms with Gasteiger partial charge in [-0.3, -0.25) is 4.55 Å². The highest BCUT2D eigenvalue weighted by atomic mass is 32.3. The molecule has 8 heteroatoms. The molecule has 3 N–H and O–H groups in total. The van der Waals surface area contributed by atoms with Crippen LogP contribution < -0.4 is 0 Å². The Morgan fingerprint density at radius 2 is 0.732 bits per heavy atom. The minimum atomic E-state index is -4.22. The first-order valence-electron chi connectivity index (χ1n) is 12.3. The average Bonchev–Trinajstić information content (AvgIpc) is 3.08. The zero-order valence-corrected chi connectivity index (χ0v) is 28.4. The summed E-state index contributed by atoms with van der Waals surface area (Å²) in [4.78, 5) is 0. The van der Waals surface area contributed by atoms with Crippen molar-refractivity contribution in [1.29, 1.82) is 0 Å². The summed E-state index contributed by atoms with van der Waals surface area (Å²) >= 11 is 0. The average molecular weight is 613 g/mol. The van der Waals surface area contributed by atoms with Crippen LogP contribution in [0.1, 0.15) is 52.9 Å². The molecule has 0 spiro atoms. The molecular formula is C33H72O7S. The third-order valence-corrected chi connectivity index (χ3v) is 2.45. The molecular weight excluding hydrogens is 540 g/mol. The highest BCUT2D eigenvalue weighted by Crippen LogP contribution is 2.02. The van der Waals surface area contributed by atoms with E-state index in [4.69, 9.17) is 19.5 Å². The van der Waals surface area contributed by atoms with E-state index < -0.39 is 10.4 Å². The van der Waals surface area contributed by atoms with Crippen LogP contribution in [-0.4, -0.2) is 56.2 Å². The largest absolute Gasteiger partial charge is 0.397 e. The maximum absolute atomic E-state index is 10.1. The number of ether oxygens (including phenoxy) is 1. The molecule has 0 aliphatic rings. The van der Waals surface area contributed by atoms with Gasteiger partial charge in [0.25, 0.3) is 0 Å². The molecule has 0 amide bonds. The van der Waals surface area contributed by atoms with Gasteiger partial charge in [0.05, 0.1) is 19.8 Å². The van der Waals surface area contributed by atoms with Crippen LogP contribution >= 0.6 is 0 Å². The van der Waals surface area contributed by atoms with Gasteiger partial charge in [-0.2, -0.15) is 8.42 Å². The van der Waals surface area contributed by atoms with E-state index in [1.807, 2.05) is 13.8 Å². The molecule has 0 saturated carbocycles. The number of hydrogen-bond donors (Lipinski definition) is 3. The van der Waals surface area contributed by atoms with Crippen molar-refractivity contribution in [2.75, 3.05) is 33.0 Å². The van der Waals surface area contributed by atoms with Crippen molar-refractivity contribution in [3.8, 4) is 0 Å². The lowest BCUT2D eigenvalue weighted by molar-refractivity contribution is 0.162. The van der Waals surface area contributed by atoms with Gasteiger partial charge in [-0.15, -0.1) is 132 Å². The van der Waals surface area contributed by atoms with Crippen molar-refractivity contribution < 1.29 is 32.1 Å². The molecule has 0 aromatic rings. The third-order valence-electron chi connectivity index (χ3n) is 1.99. The molecule has 0 aromatic heterocycles. The Bertz CT molecular complexity index is 356. The Labute approximate surface area is 259 Å². The molecule has 41 heavy (non-hydrogen) atoms. The lowest BCUT2D eigenvalue weighted by Crippen LogP contribution is -2.04. The Morgan fingerprint density at radius 3 is 0.878 bits per heavy atom. The van der Waals surface area contributed by atoms with Crippen LogP contribution in [0.2, 0.25) is 0 Å². The highest BCUT2D eigenvalue weighted by Gasteiger charge is 2.02. The fourth-order valence-electron chi connectivity index (χ4n) is 1.07. The summed E-state index contributed by atoms with van der Waals surface area (Å²) in [5.41, 5.74) is 0. The minimum absolute atomic E-state index is 0.0859. The number of unbranched alkanes of at least 4 members (excludes halogenated alkanes) is 4. The molecule has 0 rings (SSSR count). The van der Waals surface area contributed by atoms with Gasteiger partial charge in [-0.25, -0.2) is 4.18 Å². The Morgan fingerprint density at radius 1 is 0.488 bits per heavy atom. The summed E-state index contributed by atoms with van der Waals surface area (Å²) in [5.74, 6) is 0.